The maximum atomic E-state index is 4.29. The minimum atomic E-state index is 1.05. The lowest BCUT2D eigenvalue weighted by atomic mass is 10.4. The Balaban J connectivity index is 2.73. The van der Waals surface area contributed by atoms with Gasteiger partial charge in [-0.2, -0.15) is 0 Å². The van der Waals surface area contributed by atoms with Crippen LogP contribution in [0.25, 0.3) is 4.96 Å². The van der Waals surface area contributed by atoms with Gasteiger partial charge in [-0.25, -0.2) is 4.98 Å². The van der Waals surface area contributed by atoms with Gasteiger partial charge in [-0.05, 0) is 13.3 Å². The molecule has 0 saturated carbocycles. The predicted octanol–water partition coefficient (Wildman–Crippen LogP) is 2.27. The first-order chi connectivity index (χ1) is 5.31. The maximum absolute atomic E-state index is 4.29. The molecule has 0 N–H and O–H groups in total. The molecule has 2 aromatic heterocycles. The van der Waals surface area contributed by atoms with Gasteiger partial charge in [0.05, 0.1) is 6.20 Å². The van der Waals surface area contributed by atoms with Gasteiger partial charge < -0.3 is 0 Å². The molecule has 2 rings (SSSR count). The molecule has 0 atom stereocenters. The van der Waals surface area contributed by atoms with E-state index < -0.39 is 0 Å². The number of fused-ring (bicyclic) bond motifs is 1. The van der Waals surface area contributed by atoms with Gasteiger partial charge in [0.15, 0.2) is 4.96 Å². The first-order valence-electron chi connectivity index (χ1n) is 3.73. The second kappa shape index (κ2) is 2.34. The molecule has 0 saturated heterocycles. The lowest BCUT2D eigenvalue weighted by molar-refractivity contribution is 1.00. The molecule has 58 valence electrons. The molecule has 2 heterocycles. The molecule has 0 radical (unpaired) electrons. The smallest absolute Gasteiger partial charge is 0.194 e. The van der Waals surface area contributed by atoms with Gasteiger partial charge >= 0.3 is 0 Å². The Bertz CT molecular complexity index is 372. The van der Waals surface area contributed by atoms with Crippen LogP contribution in [0, 0.1) is 6.92 Å². The summed E-state index contributed by atoms with van der Waals surface area (Å²) in [5, 5.41) is 0. The average molecular weight is 166 g/mol. The molecule has 0 aliphatic carbocycles. The van der Waals surface area contributed by atoms with Gasteiger partial charge in [0.1, 0.15) is 0 Å². The third-order valence-electron chi connectivity index (χ3n) is 1.76. The molecule has 3 heteroatoms. The quantitative estimate of drug-likeness (QED) is 0.635. The number of imidazole rings is 1. The average Bonchev–Trinajstić information content (AvgIpc) is 2.45. The van der Waals surface area contributed by atoms with Gasteiger partial charge in [-0.3, -0.25) is 4.40 Å². The summed E-state index contributed by atoms with van der Waals surface area (Å²) in [6.45, 7) is 4.26. The minimum Gasteiger partial charge on any atom is -0.294 e. The topological polar surface area (TPSA) is 17.3 Å². The van der Waals surface area contributed by atoms with Crippen LogP contribution in [-0.2, 0) is 6.42 Å². The van der Waals surface area contributed by atoms with Crippen molar-refractivity contribution in [1.29, 1.82) is 0 Å². The zero-order valence-electron chi connectivity index (χ0n) is 6.66. The highest BCUT2D eigenvalue weighted by molar-refractivity contribution is 7.16. The Kier molecular flexibility index (Phi) is 1.46. The zero-order chi connectivity index (χ0) is 7.84. The van der Waals surface area contributed by atoms with Crippen molar-refractivity contribution in [3.05, 3.63) is 23.0 Å². The van der Waals surface area contributed by atoms with E-state index in [1.807, 2.05) is 6.20 Å². The van der Waals surface area contributed by atoms with E-state index in [0.717, 1.165) is 11.4 Å². The van der Waals surface area contributed by atoms with Gasteiger partial charge in [0, 0.05) is 16.8 Å². The second-order valence-electron chi connectivity index (χ2n) is 2.60. The summed E-state index contributed by atoms with van der Waals surface area (Å²) < 4.78 is 2.17. The molecule has 0 spiro atoms. The summed E-state index contributed by atoms with van der Waals surface area (Å²) >= 11 is 1.74. The molecule has 0 aliphatic heterocycles. The minimum absolute atomic E-state index is 1.05. The van der Waals surface area contributed by atoms with Crippen molar-refractivity contribution in [3.8, 4) is 0 Å². The van der Waals surface area contributed by atoms with Crippen LogP contribution in [0.15, 0.2) is 12.4 Å². The summed E-state index contributed by atoms with van der Waals surface area (Å²) in [4.78, 5) is 6.72. The zero-order valence-corrected chi connectivity index (χ0v) is 7.48. The molecule has 2 aromatic rings. The Morgan fingerprint density at radius 2 is 2.45 bits per heavy atom. The number of nitrogens with zero attached hydrogens (tertiary/aromatic N) is 2. The largest absolute Gasteiger partial charge is 0.294 e. The van der Waals surface area contributed by atoms with Gasteiger partial charge in [-0.15, -0.1) is 11.3 Å². The SMILES string of the molecule is CCc1cnc2sc(C)cn12. The highest BCUT2D eigenvalue weighted by Crippen LogP contribution is 2.17. The standard InChI is InChI=1S/C8H10N2S/c1-3-7-4-9-8-10(7)5-6(2)11-8/h4-5H,3H2,1-2H3. The summed E-state index contributed by atoms with van der Waals surface area (Å²) in [7, 11) is 0. The fourth-order valence-corrected chi connectivity index (χ4v) is 2.02. The highest BCUT2D eigenvalue weighted by Gasteiger charge is 2.02. The van der Waals surface area contributed by atoms with E-state index in [-0.39, 0.29) is 0 Å². The Hall–Kier alpha value is -0.830. The molecular weight excluding hydrogens is 156 g/mol. The number of thiazole rings is 1. The van der Waals surface area contributed by atoms with Crippen molar-refractivity contribution in [2.75, 3.05) is 0 Å². The fourth-order valence-electron chi connectivity index (χ4n) is 1.20. The first kappa shape index (κ1) is 6.85. The summed E-state index contributed by atoms with van der Waals surface area (Å²) in [6.07, 6.45) is 5.15. The molecule has 0 aliphatic rings. The van der Waals surface area contributed by atoms with Gasteiger partial charge in [-0.1, -0.05) is 6.92 Å². The second-order valence-corrected chi connectivity index (χ2v) is 3.81. The molecule has 0 bridgehead atoms. The molecule has 2 nitrogen and oxygen atoms in total. The van der Waals surface area contributed by atoms with Crippen LogP contribution < -0.4 is 0 Å². The summed E-state index contributed by atoms with van der Waals surface area (Å²) in [6, 6.07) is 0. The van der Waals surface area contributed by atoms with Crippen LogP contribution in [0.3, 0.4) is 0 Å². The van der Waals surface area contributed by atoms with E-state index in [9.17, 15) is 0 Å². The Labute approximate surface area is 69.5 Å². The Morgan fingerprint density at radius 3 is 3.18 bits per heavy atom. The number of aryl methyl sites for hydroxylation is 2. The summed E-state index contributed by atoms with van der Waals surface area (Å²) in [5.74, 6) is 0. The van der Waals surface area contributed by atoms with Crippen molar-refractivity contribution < 1.29 is 0 Å². The number of hydrogen-bond acceptors (Lipinski definition) is 2. The van der Waals surface area contributed by atoms with Gasteiger partial charge in [0.25, 0.3) is 0 Å². The third-order valence-corrected chi connectivity index (χ3v) is 2.68. The normalized spacial score (nSPS) is 11.1. The van der Waals surface area contributed by atoms with Crippen LogP contribution >= 0.6 is 11.3 Å². The molecule has 11 heavy (non-hydrogen) atoms. The molecule has 0 aromatic carbocycles. The number of rotatable bonds is 1. The molecule has 0 fully saturated rings. The highest BCUT2D eigenvalue weighted by atomic mass is 32.1. The first-order valence-corrected chi connectivity index (χ1v) is 4.55. The van der Waals surface area contributed by atoms with Gasteiger partial charge in [0.2, 0.25) is 0 Å². The van der Waals surface area contributed by atoms with E-state index in [1.165, 1.54) is 10.6 Å². The predicted molar refractivity (Wildman–Crippen MR) is 47.2 cm³/mol. The van der Waals surface area contributed by atoms with Crippen molar-refractivity contribution in [2.45, 2.75) is 20.3 Å². The number of hydrogen-bond donors (Lipinski definition) is 0. The third kappa shape index (κ3) is 0.959. The van der Waals surface area contributed by atoms with Crippen LogP contribution in [0.5, 0.6) is 0 Å². The van der Waals surface area contributed by atoms with Crippen molar-refractivity contribution in [3.63, 3.8) is 0 Å². The van der Waals surface area contributed by atoms with E-state index in [1.54, 1.807) is 11.3 Å². The van der Waals surface area contributed by atoms with E-state index in [4.69, 9.17) is 0 Å². The van der Waals surface area contributed by atoms with Crippen molar-refractivity contribution >= 4 is 16.3 Å². The van der Waals surface area contributed by atoms with Crippen LogP contribution in [0.1, 0.15) is 17.5 Å². The molecule has 0 amide bonds. The van der Waals surface area contributed by atoms with E-state index in [2.05, 4.69) is 29.4 Å². The number of aromatic nitrogens is 2. The maximum Gasteiger partial charge on any atom is 0.194 e. The lowest BCUT2D eigenvalue weighted by Crippen LogP contribution is -1.84. The fraction of sp³-hybridized carbons (Fsp3) is 0.375. The van der Waals surface area contributed by atoms with Crippen LogP contribution in [0.4, 0.5) is 0 Å². The van der Waals surface area contributed by atoms with E-state index in [0.29, 0.717) is 0 Å². The van der Waals surface area contributed by atoms with E-state index >= 15 is 0 Å². The van der Waals surface area contributed by atoms with Crippen molar-refractivity contribution in [2.24, 2.45) is 0 Å². The molecular formula is C8H10N2S. The summed E-state index contributed by atoms with van der Waals surface area (Å²) in [5.41, 5.74) is 1.30. The van der Waals surface area contributed by atoms with Crippen molar-refractivity contribution in [1.82, 2.24) is 9.38 Å². The van der Waals surface area contributed by atoms with Crippen LogP contribution in [-0.4, -0.2) is 9.38 Å². The Morgan fingerprint density at radius 1 is 1.64 bits per heavy atom. The lowest BCUT2D eigenvalue weighted by Gasteiger charge is -1.89. The van der Waals surface area contributed by atoms with Crippen LogP contribution in [0.2, 0.25) is 0 Å². The monoisotopic (exact) mass is 166 g/mol. The molecule has 0 unspecified atom stereocenters.